The third-order valence-electron chi connectivity index (χ3n) is 2.90. The van der Waals surface area contributed by atoms with Crippen molar-refractivity contribution in [1.29, 1.82) is 0 Å². The molecule has 0 N–H and O–H groups in total. The van der Waals surface area contributed by atoms with Gasteiger partial charge in [-0.3, -0.25) is 0 Å². The maximum absolute atomic E-state index is 5.67. The summed E-state index contributed by atoms with van der Waals surface area (Å²) in [6.07, 6.45) is 3.39. The zero-order valence-corrected chi connectivity index (χ0v) is 9.10. The average Bonchev–Trinajstić information content (AvgIpc) is 2.86. The average molecular weight is 220 g/mol. The second-order valence-corrected chi connectivity index (χ2v) is 3.72. The molecule has 1 aromatic carbocycles. The number of fused-ring (bicyclic) bond motifs is 3. The molecule has 0 spiro atoms. The van der Waals surface area contributed by atoms with Gasteiger partial charge in [0.15, 0.2) is 0 Å². The highest BCUT2D eigenvalue weighted by molar-refractivity contribution is 5.56. The Labute approximate surface area is 93.4 Å². The molecule has 1 aromatic rings. The van der Waals surface area contributed by atoms with Gasteiger partial charge < -0.3 is 18.9 Å². The zero-order chi connectivity index (χ0) is 11.1. The Morgan fingerprint density at radius 3 is 2.81 bits per heavy atom. The van der Waals surface area contributed by atoms with Crippen LogP contribution in [0.25, 0.3) is 0 Å². The lowest BCUT2D eigenvalue weighted by atomic mass is 10.00. The van der Waals surface area contributed by atoms with Crippen molar-refractivity contribution in [2.45, 2.75) is 12.2 Å². The van der Waals surface area contributed by atoms with Gasteiger partial charge in [0.25, 0.3) is 6.29 Å². The minimum atomic E-state index is -0.254. The number of ether oxygens (including phenoxy) is 4. The molecule has 0 aromatic heterocycles. The molecule has 0 saturated heterocycles. The minimum absolute atomic E-state index is 0.121. The van der Waals surface area contributed by atoms with Gasteiger partial charge in [-0.05, 0) is 6.08 Å². The van der Waals surface area contributed by atoms with Crippen LogP contribution in [0.1, 0.15) is 11.5 Å². The molecule has 0 saturated carbocycles. The van der Waals surface area contributed by atoms with Gasteiger partial charge in [-0.1, -0.05) is 0 Å². The summed E-state index contributed by atoms with van der Waals surface area (Å²) in [7, 11) is 3.26. The highest BCUT2D eigenvalue weighted by Crippen LogP contribution is 2.48. The Balaban J connectivity index is 2.13. The lowest BCUT2D eigenvalue weighted by Gasteiger charge is -2.09. The predicted octanol–water partition coefficient (Wildman–Crippen LogP) is 2.05. The second-order valence-electron chi connectivity index (χ2n) is 3.72. The van der Waals surface area contributed by atoms with E-state index in [0.29, 0.717) is 0 Å². The molecule has 0 radical (unpaired) electrons. The van der Waals surface area contributed by atoms with Crippen LogP contribution in [0.3, 0.4) is 0 Å². The summed E-state index contributed by atoms with van der Waals surface area (Å²) >= 11 is 0. The molecule has 3 rings (SSSR count). The van der Waals surface area contributed by atoms with E-state index in [1.807, 2.05) is 18.2 Å². The van der Waals surface area contributed by atoms with Gasteiger partial charge in [0, 0.05) is 12.1 Å². The lowest BCUT2D eigenvalue weighted by Crippen LogP contribution is -2.14. The molecule has 2 aliphatic rings. The van der Waals surface area contributed by atoms with E-state index in [1.165, 1.54) is 0 Å². The van der Waals surface area contributed by atoms with E-state index in [9.17, 15) is 0 Å². The van der Waals surface area contributed by atoms with Crippen LogP contribution >= 0.6 is 0 Å². The molecule has 0 aliphatic carbocycles. The first-order chi connectivity index (χ1) is 7.83. The van der Waals surface area contributed by atoms with Crippen LogP contribution in [-0.4, -0.2) is 20.5 Å². The van der Waals surface area contributed by atoms with Crippen molar-refractivity contribution in [2.24, 2.45) is 0 Å². The van der Waals surface area contributed by atoms with Crippen molar-refractivity contribution >= 4 is 0 Å². The lowest BCUT2D eigenvalue weighted by molar-refractivity contribution is -0.00490. The topological polar surface area (TPSA) is 36.9 Å². The van der Waals surface area contributed by atoms with Crippen LogP contribution in [0.2, 0.25) is 0 Å². The van der Waals surface area contributed by atoms with Crippen molar-refractivity contribution in [3.05, 3.63) is 30.0 Å². The highest BCUT2D eigenvalue weighted by Gasteiger charge is 2.39. The van der Waals surface area contributed by atoms with Gasteiger partial charge >= 0.3 is 0 Å². The van der Waals surface area contributed by atoms with Gasteiger partial charge in [-0.2, -0.15) is 0 Å². The fourth-order valence-electron chi connectivity index (χ4n) is 2.13. The smallest absolute Gasteiger partial charge is 0.250 e. The first-order valence-electron chi connectivity index (χ1n) is 5.08. The number of hydrogen-bond acceptors (Lipinski definition) is 4. The summed E-state index contributed by atoms with van der Waals surface area (Å²) < 4.78 is 21.5. The van der Waals surface area contributed by atoms with Gasteiger partial charge in [0.2, 0.25) is 0 Å². The summed E-state index contributed by atoms with van der Waals surface area (Å²) in [4.78, 5) is 0. The third-order valence-corrected chi connectivity index (χ3v) is 2.90. The highest BCUT2D eigenvalue weighted by atomic mass is 16.7. The molecule has 2 heterocycles. The first-order valence-corrected chi connectivity index (χ1v) is 5.08. The number of methoxy groups -OCH3 is 2. The summed E-state index contributed by atoms with van der Waals surface area (Å²) in [6.45, 7) is 0. The molecule has 0 fully saturated rings. The summed E-state index contributed by atoms with van der Waals surface area (Å²) in [6, 6.07) is 3.71. The summed E-state index contributed by atoms with van der Waals surface area (Å²) in [5, 5.41) is 0. The molecular weight excluding hydrogens is 208 g/mol. The Hall–Kier alpha value is -1.84. The van der Waals surface area contributed by atoms with Crippen molar-refractivity contribution in [3.8, 4) is 17.2 Å². The SMILES string of the molecule is COc1cc(OC)c2c(c1)O[C@H]1OC=C[C@H]21. The van der Waals surface area contributed by atoms with Crippen LogP contribution in [0, 0.1) is 0 Å². The van der Waals surface area contributed by atoms with Gasteiger partial charge in [-0.25, -0.2) is 0 Å². The van der Waals surface area contributed by atoms with E-state index in [4.69, 9.17) is 18.9 Å². The monoisotopic (exact) mass is 220 g/mol. The first kappa shape index (κ1) is 9.39. The molecule has 0 unspecified atom stereocenters. The molecule has 4 nitrogen and oxygen atoms in total. The maximum atomic E-state index is 5.67. The van der Waals surface area contributed by atoms with Crippen molar-refractivity contribution < 1.29 is 18.9 Å². The van der Waals surface area contributed by atoms with Crippen molar-refractivity contribution in [1.82, 2.24) is 0 Å². The van der Waals surface area contributed by atoms with Crippen LogP contribution in [-0.2, 0) is 4.74 Å². The van der Waals surface area contributed by atoms with Crippen LogP contribution in [0.15, 0.2) is 24.5 Å². The van der Waals surface area contributed by atoms with E-state index < -0.39 is 0 Å². The maximum Gasteiger partial charge on any atom is 0.250 e. The van der Waals surface area contributed by atoms with E-state index >= 15 is 0 Å². The number of benzene rings is 1. The molecule has 2 aliphatic heterocycles. The number of hydrogen-bond donors (Lipinski definition) is 0. The van der Waals surface area contributed by atoms with E-state index in [-0.39, 0.29) is 12.2 Å². The molecule has 0 bridgehead atoms. The van der Waals surface area contributed by atoms with Crippen LogP contribution < -0.4 is 14.2 Å². The van der Waals surface area contributed by atoms with E-state index in [0.717, 1.165) is 22.8 Å². The van der Waals surface area contributed by atoms with Crippen LogP contribution in [0.5, 0.6) is 17.2 Å². The summed E-state index contributed by atoms with van der Waals surface area (Å²) in [5.74, 6) is 2.39. The van der Waals surface area contributed by atoms with Gasteiger partial charge in [0.1, 0.15) is 17.2 Å². The van der Waals surface area contributed by atoms with Gasteiger partial charge in [-0.15, -0.1) is 0 Å². The zero-order valence-electron chi connectivity index (χ0n) is 9.10. The standard InChI is InChI=1S/C12H12O4/c1-13-7-5-9(14-2)11-8-3-4-15-12(8)16-10(11)6-7/h3-6,8,12H,1-2H3/t8-,12-/m1/s1. The van der Waals surface area contributed by atoms with Crippen molar-refractivity contribution in [2.75, 3.05) is 14.2 Å². The van der Waals surface area contributed by atoms with E-state index in [1.54, 1.807) is 20.5 Å². The third kappa shape index (κ3) is 1.16. The Kier molecular flexibility index (Phi) is 1.96. The Morgan fingerprint density at radius 2 is 2.06 bits per heavy atom. The molecular formula is C12H12O4. The predicted molar refractivity (Wildman–Crippen MR) is 56.9 cm³/mol. The Bertz CT molecular complexity index is 453. The summed E-state index contributed by atoms with van der Waals surface area (Å²) in [5.41, 5.74) is 1.03. The fraction of sp³-hybridized carbons (Fsp3) is 0.333. The largest absolute Gasteiger partial charge is 0.496 e. The second kappa shape index (κ2) is 3.33. The van der Waals surface area contributed by atoms with Gasteiger partial charge in [0.05, 0.1) is 32.0 Å². The quantitative estimate of drug-likeness (QED) is 0.764. The fourth-order valence-corrected chi connectivity index (χ4v) is 2.13. The minimum Gasteiger partial charge on any atom is -0.496 e. The normalized spacial score (nSPS) is 24.4. The molecule has 0 amide bonds. The Morgan fingerprint density at radius 1 is 1.19 bits per heavy atom. The molecule has 16 heavy (non-hydrogen) atoms. The van der Waals surface area contributed by atoms with Crippen molar-refractivity contribution in [3.63, 3.8) is 0 Å². The van der Waals surface area contributed by atoms with E-state index in [2.05, 4.69) is 0 Å². The van der Waals surface area contributed by atoms with Crippen LogP contribution in [0.4, 0.5) is 0 Å². The molecule has 4 heteroatoms. The molecule has 2 atom stereocenters. The number of rotatable bonds is 2. The molecule has 84 valence electrons.